The SMILES string of the molecule is COc1ccc(Cn2c(=O)cnn([C@@H]3O[C@@H](COC(C)=O)[C@@H](OC(C)=O)[C@H](OC(C)=O)[C@H]3OC(C)=O)c2=O)cc1N([O-])O. The summed E-state index contributed by atoms with van der Waals surface area (Å²) in [5, 5.41) is 24.4. The fraction of sp³-hybridized carbons (Fsp3) is 0.480. The lowest BCUT2D eigenvalue weighted by Gasteiger charge is -2.44. The van der Waals surface area contributed by atoms with E-state index in [9.17, 15) is 39.2 Å². The average molecular weight is 610 g/mol. The number of carbonyl (C=O) groups excluding carboxylic acids is 4. The number of carbonyl (C=O) groups is 4. The van der Waals surface area contributed by atoms with Crippen molar-refractivity contribution in [1.82, 2.24) is 14.3 Å². The molecule has 0 aliphatic carbocycles. The third kappa shape index (κ3) is 7.93. The molecule has 1 aliphatic rings. The predicted molar refractivity (Wildman–Crippen MR) is 140 cm³/mol. The maximum atomic E-state index is 13.6. The summed E-state index contributed by atoms with van der Waals surface area (Å²) in [5.41, 5.74) is -2.08. The molecule has 0 unspecified atom stereocenters. The highest BCUT2D eigenvalue weighted by molar-refractivity contribution is 5.68. The highest BCUT2D eigenvalue weighted by atomic mass is 16.8. The van der Waals surface area contributed by atoms with Crippen LogP contribution in [-0.4, -0.2) is 81.6 Å². The zero-order valence-corrected chi connectivity index (χ0v) is 23.7. The van der Waals surface area contributed by atoms with Gasteiger partial charge < -0.3 is 38.9 Å². The Kier molecular flexibility index (Phi) is 10.6. The van der Waals surface area contributed by atoms with Crippen LogP contribution in [0.3, 0.4) is 0 Å². The Bertz CT molecular complexity index is 1490. The van der Waals surface area contributed by atoms with E-state index >= 15 is 0 Å². The van der Waals surface area contributed by atoms with Gasteiger partial charge in [-0.05, 0) is 17.7 Å². The van der Waals surface area contributed by atoms with Crippen molar-refractivity contribution in [2.24, 2.45) is 0 Å². The molecule has 0 spiro atoms. The second-order valence-corrected chi connectivity index (χ2v) is 9.17. The molecule has 1 aliphatic heterocycles. The Balaban J connectivity index is 2.15. The van der Waals surface area contributed by atoms with Crippen LogP contribution in [0.4, 0.5) is 5.69 Å². The van der Waals surface area contributed by atoms with E-state index < -0.39 is 84.1 Å². The summed E-state index contributed by atoms with van der Waals surface area (Å²) in [4.78, 5) is 74.1. The quantitative estimate of drug-likeness (QED) is 0.202. The molecular weight excluding hydrogens is 580 g/mol. The maximum Gasteiger partial charge on any atom is 0.350 e. The number of aromatic nitrogens is 3. The topological polar surface area (TPSA) is 227 Å². The molecule has 2 heterocycles. The molecule has 5 atom stereocenters. The van der Waals surface area contributed by atoms with Gasteiger partial charge in [-0.1, -0.05) is 6.07 Å². The lowest BCUT2D eigenvalue weighted by molar-refractivity contribution is -0.271. The summed E-state index contributed by atoms with van der Waals surface area (Å²) in [6.45, 7) is 3.22. The fourth-order valence-electron chi connectivity index (χ4n) is 4.34. The van der Waals surface area contributed by atoms with Gasteiger partial charge in [0.05, 0.1) is 19.3 Å². The lowest BCUT2D eigenvalue weighted by Crippen LogP contribution is -2.62. The standard InChI is InChI=1S/C25H29N4O14/c1-12(30)39-11-19-21(40-13(2)31)22(41-14(3)32)23(42-15(4)33)24(43-19)28-25(35)27(20(34)9-26-28)10-16-6-7-18(38-5)17(8-16)29(36)37/h6-9,19,21-24,36H,10-11H2,1-5H3/q-1/t19-,21+,22-,23+,24+/m0/s1. The molecule has 3 rings (SSSR count). The van der Waals surface area contributed by atoms with E-state index in [1.165, 1.54) is 25.3 Å². The van der Waals surface area contributed by atoms with Gasteiger partial charge in [-0.2, -0.15) is 9.78 Å². The third-order valence-electron chi connectivity index (χ3n) is 5.98. The number of methoxy groups -OCH3 is 1. The Morgan fingerprint density at radius 1 is 0.977 bits per heavy atom. The molecule has 0 bridgehead atoms. The molecule has 1 aromatic carbocycles. The number of rotatable bonds is 10. The van der Waals surface area contributed by atoms with Crippen LogP contribution in [0, 0.1) is 5.21 Å². The number of nitrogens with zero attached hydrogens (tertiary/aromatic N) is 4. The molecule has 1 saturated heterocycles. The van der Waals surface area contributed by atoms with Gasteiger partial charge in [-0.25, -0.2) is 4.79 Å². The van der Waals surface area contributed by atoms with Gasteiger partial charge in [0, 0.05) is 27.7 Å². The van der Waals surface area contributed by atoms with Gasteiger partial charge in [0.15, 0.2) is 24.5 Å². The lowest BCUT2D eigenvalue weighted by atomic mass is 9.97. The van der Waals surface area contributed by atoms with Crippen molar-refractivity contribution in [1.29, 1.82) is 0 Å². The Morgan fingerprint density at radius 2 is 1.58 bits per heavy atom. The van der Waals surface area contributed by atoms with Crippen LogP contribution < -0.4 is 21.2 Å². The molecule has 2 aromatic rings. The molecule has 234 valence electrons. The molecule has 1 aromatic heterocycles. The first-order valence-electron chi connectivity index (χ1n) is 12.6. The van der Waals surface area contributed by atoms with Gasteiger partial charge in [0.25, 0.3) is 5.56 Å². The number of benzene rings is 1. The number of hydrogen-bond donors (Lipinski definition) is 1. The van der Waals surface area contributed by atoms with E-state index in [4.69, 9.17) is 28.4 Å². The van der Waals surface area contributed by atoms with E-state index in [0.29, 0.717) is 9.25 Å². The summed E-state index contributed by atoms with van der Waals surface area (Å²) < 4.78 is 33.3. The minimum atomic E-state index is -1.71. The molecule has 1 N–H and O–H groups in total. The molecule has 0 radical (unpaired) electrons. The molecule has 1 fully saturated rings. The van der Waals surface area contributed by atoms with Crippen LogP contribution in [0.1, 0.15) is 39.5 Å². The summed E-state index contributed by atoms with van der Waals surface area (Å²) in [6.07, 6.45) is -7.05. The summed E-state index contributed by atoms with van der Waals surface area (Å²) in [7, 11) is 1.27. The van der Waals surface area contributed by atoms with Crippen LogP contribution >= 0.6 is 0 Å². The van der Waals surface area contributed by atoms with E-state index in [-0.39, 0.29) is 17.0 Å². The first kappa shape index (κ1) is 32.7. The minimum Gasteiger partial charge on any atom is -0.733 e. The second-order valence-electron chi connectivity index (χ2n) is 9.17. The van der Waals surface area contributed by atoms with Crippen LogP contribution in [0.15, 0.2) is 34.0 Å². The molecule has 43 heavy (non-hydrogen) atoms. The first-order valence-corrected chi connectivity index (χ1v) is 12.6. The fourth-order valence-corrected chi connectivity index (χ4v) is 4.34. The molecule has 18 nitrogen and oxygen atoms in total. The Morgan fingerprint density at radius 3 is 2.14 bits per heavy atom. The highest BCUT2D eigenvalue weighted by Gasteiger charge is 2.53. The monoisotopic (exact) mass is 609 g/mol. The van der Waals surface area contributed by atoms with Crippen molar-refractivity contribution in [2.75, 3.05) is 18.9 Å². The van der Waals surface area contributed by atoms with E-state index in [1.807, 2.05) is 0 Å². The highest BCUT2D eigenvalue weighted by Crippen LogP contribution is 2.34. The number of anilines is 1. The van der Waals surface area contributed by atoms with Gasteiger partial charge in [0.2, 0.25) is 0 Å². The van der Waals surface area contributed by atoms with Crippen LogP contribution in [-0.2, 0) is 49.4 Å². The number of esters is 4. The van der Waals surface area contributed by atoms with Crippen molar-refractivity contribution in [3.63, 3.8) is 0 Å². The molecular formula is C25H29N4O14-. The van der Waals surface area contributed by atoms with Gasteiger partial charge >= 0.3 is 29.6 Å². The van der Waals surface area contributed by atoms with Gasteiger partial charge in [-0.15, -0.1) is 0 Å². The zero-order valence-electron chi connectivity index (χ0n) is 23.7. The number of hydrogen-bond acceptors (Lipinski definition) is 16. The van der Waals surface area contributed by atoms with Crippen molar-refractivity contribution in [2.45, 2.75) is 64.9 Å². The predicted octanol–water partition coefficient (Wildman–Crippen LogP) is -0.589. The van der Waals surface area contributed by atoms with E-state index in [1.54, 1.807) is 0 Å². The molecule has 0 saturated carbocycles. The minimum absolute atomic E-state index is 0.0123. The van der Waals surface area contributed by atoms with Crippen molar-refractivity contribution < 1.29 is 52.8 Å². The third-order valence-corrected chi connectivity index (χ3v) is 5.98. The maximum absolute atomic E-state index is 13.6. The first-order chi connectivity index (χ1) is 20.2. The van der Waals surface area contributed by atoms with Crippen LogP contribution in [0.2, 0.25) is 0 Å². The van der Waals surface area contributed by atoms with Crippen LogP contribution in [0.25, 0.3) is 0 Å². The van der Waals surface area contributed by atoms with E-state index in [0.717, 1.165) is 33.9 Å². The Hall–Kier alpha value is -4.81. The Labute approximate surface area is 242 Å². The van der Waals surface area contributed by atoms with Gasteiger partial charge in [0.1, 0.15) is 24.7 Å². The van der Waals surface area contributed by atoms with E-state index in [2.05, 4.69) is 5.10 Å². The summed E-state index contributed by atoms with van der Waals surface area (Å²) in [5.74, 6) is -3.37. The zero-order chi connectivity index (χ0) is 32.0. The van der Waals surface area contributed by atoms with Crippen LogP contribution in [0.5, 0.6) is 5.75 Å². The van der Waals surface area contributed by atoms with Crippen molar-refractivity contribution in [3.05, 3.63) is 56.0 Å². The normalized spacial score (nSPS) is 21.3. The smallest absolute Gasteiger partial charge is 0.350 e. The van der Waals surface area contributed by atoms with Crippen molar-refractivity contribution >= 4 is 29.6 Å². The second kappa shape index (κ2) is 13.9. The summed E-state index contributed by atoms with van der Waals surface area (Å²) in [6, 6.07) is 3.93. The van der Waals surface area contributed by atoms with Gasteiger partial charge in [-0.3, -0.25) is 33.7 Å². The average Bonchev–Trinajstić information content (AvgIpc) is 2.91. The summed E-state index contributed by atoms with van der Waals surface area (Å²) >= 11 is 0. The largest absolute Gasteiger partial charge is 0.733 e. The van der Waals surface area contributed by atoms with Crippen molar-refractivity contribution in [3.8, 4) is 5.75 Å². The molecule has 0 amide bonds. The number of ether oxygens (including phenoxy) is 6. The molecule has 18 heteroatoms.